The smallest absolute Gasteiger partial charge is 0.272 e. The number of sulfonamides is 1. The maximum absolute atomic E-state index is 12.2. The van der Waals surface area contributed by atoms with Crippen LogP contribution in [0, 0.1) is 11.3 Å². The first-order chi connectivity index (χ1) is 8.85. The molecular formula is C9H9ClN6O2S. The lowest BCUT2D eigenvalue weighted by molar-refractivity contribution is 0.582. The van der Waals surface area contributed by atoms with E-state index in [1.165, 1.54) is 24.1 Å². The maximum Gasteiger partial charge on any atom is 0.281 e. The van der Waals surface area contributed by atoms with Gasteiger partial charge in [-0.1, -0.05) is 11.6 Å². The SMILES string of the molecule is Cn1cc(C#N)c(NS(=O)(=O)c2c(Cl)cnn2C)n1. The molecule has 2 aromatic rings. The van der Waals surface area contributed by atoms with Crippen molar-refractivity contribution in [1.82, 2.24) is 19.6 Å². The topological polar surface area (TPSA) is 106 Å². The molecule has 0 bridgehead atoms. The average molecular weight is 301 g/mol. The normalized spacial score (nSPS) is 11.3. The van der Waals surface area contributed by atoms with Crippen LogP contribution in [-0.4, -0.2) is 28.0 Å². The summed E-state index contributed by atoms with van der Waals surface area (Å²) in [4.78, 5) is 0. The highest BCUT2D eigenvalue weighted by Gasteiger charge is 2.25. The van der Waals surface area contributed by atoms with Gasteiger partial charge in [-0.05, 0) is 0 Å². The molecule has 10 heteroatoms. The van der Waals surface area contributed by atoms with E-state index in [9.17, 15) is 8.42 Å². The first kappa shape index (κ1) is 13.4. The third-order valence-corrected chi connectivity index (χ3v) is 4.12. The predicted octanol–water partition coefficient (Wildman–Crippen LogP) is 0.479. The largest absolute Gasteiger partial charge is 0.281 e. The highest BCUT2D eigenvalue weighted by atomic mass is 35.5. The van der Waals surface area contributed by atoms with Crippen molar-refractivity contribution in [2.24, 2.45) is 14.1 Å². The van der Waals surface area contributed by atoms with E-state index in [1.807, 2.05) is 6.07 Å². The van der Waals surface area contributed by atoms with Crippen molar-refractivity contribution in [3.05, 3.63) is 23.0 Å². The summed E-state index contributed by atoms with van der Waals surface area (Å²) in [6.45, 7) is 0. The summed E-state index contributed by atoms with van der Waals surface area (Å²) in [7, 11) is -0.931. The van der Waals surface area contributed by atoms with Crippen LogP contribution in [0.25, 0.3) is 0 Å². The number of nitrogens with one attached hydrogen (secondary N) is 1. The summed E-state index contributed by atoms with van der Waals surface area (Å²) in [6.07, 6.45) is 2.63. The van der Waals surface area contributed by atoms with Gasteiger partial charge in [0.2, 0.25) is 0 Å². The van der Waals surface area contributed by atoms with Crippen LogP contribution >= 0.6 is 11.6 Å². The van der Waals surface area contributed by atoms with Crippen molar-refractivity contribution >= 4 is 27.4 Å². The average Bonchev–Trinajstić information content (AvgIpc) is 2.81. The van der Waals surface area contributed by atoms with E-state index in [4.69, 9.17) is 16.9 Å². The number of aromatic nitrogens is 4. The number of nitrogens with zero attached hydrogens (tertiary/aromatic N) is 5. The van der Waals surface area contributed by atoms with E-state index in [0.717, 1.165) is 4.68 Å². The minimum atomic E-state index is -3.96. The molecule has 0 spiro atoms. The van der Waals surface area contributed by atoms with Crippen molar-refractivity contribution < 1.29 is 8.42 Å². The molecule has 0 aromatic carbocycles. The number of hydrogen-bond acceptors (Lipinski definition) is 5. The van der Waals surface area contributed by atoms with Crippen LogP contribution in [0.2, 0.25) is 5.02 Å². The summed E-state index contributed by atoms with van der Waals surface area (Å²) < 4.78 is 29.0. The van der Waals surface area contributed by atoms with Gasteiger partial charge in [0.15, 0.2) is 10.8 Å². The maximum atomic E-state index is 12.2. The van der Waals surface area contributed by atoms with Crippen LogP contribution in [0.1, 0.15) is 5.56 Å². The van der Waals surface area contributed by atoms with Gasteiger partial charge in [-0.2, -0.15) is 23.9 Å². The molecule has 0 saturated heterocycles. The van der Waals surface area contributed by atoms with E-state index in [1.54, 1.807) is 7.05 Å². The van der Waals surface area contributed by atoms with Gasteiger partial charge in [0.05, 0.1) is 11.2 Å². The van der Waals surface area contributed by atoms with Crippen molar-refractivity contribution in [3.63, 3.8) is 0 Å². The number of halogens is 1. The molecule has 0 aliphatic heterocycles. The quantitative estimate of drug-likeness (QED) is 0.887. The first-order valence-electron chi connectivity index (χ1n) is 4.99. The molecule has 2 aromatic heterocycles. The van der Waals surface area contributed by atoms with Crippen LogP contribution < -0.4 is 4.72 Å². The molecule has 0 unspecified atom stereocenters. The Labute approximate surface area is 114 Å². The minimum Gasteiger partial charge on any atom is -0.272 e. The Kier molecular flexibility index (Phi) is 3.21. The lowest BCUT2D eigenvalue weighted by Gasteiger charge is -2.06. The van der Waals surface area contributed by atoms with Gasteiger partial charge in [-0.15, -0.1) is 0 Å². The van der Waals surface area contributed by atoms with Crippen LogP contribution in [0.5, 0.6) is 0 Å². The summed E-state index contributed by atoms with van der Waals surface area (Å²) >= 11 is 5.78. The van der Waals surface area contributed by atoms with Crippen molar-refractivity contribution in [1.29, 1.82) is 5.26 Å². The number of anilines is 1. The van der Waals surface area contributed by atoms with Crippen molar-refractivity contribution in [2.45, 2.75) is 5.03 Å². The standard InChI is InChI=1S/C9H9ClN6O2S/c1-15-5-6(3-11)8(13-15)14-19(17,18)9-7(10)4-12-16(9)2/h4-5H,1-2H3,(H,13,14). The van der Waals surface area contributed by atoms with Crippen molar-refractivity contribution in [3.8, 4) is 6.07 Å². The molecule has 0 radical (unpaired) electrons. The second kappa shape index (κ2) is 4.56. The first-order valence-corrected chi connectivity index (χ1v) is 6.85. The van der Waals surface area contributed by atoms with Gasteiger partial charge in [0.25, 0.3) is 10.0 Å². The van der Waals surface area contributed by atoms with Gasteiger partial charge in [0, 0.05) is 20.3 Å². The highest BCUT2D eigenvalue weighted by molar-refractivity contribution is 7.92. The Morgan fingerprint density at radius 1 is 1.47 bits per heavy atom. The fourth-order valence-corrected chi connectivity index (χ4v) is 3.20. The van der Waals surface area contributed by atoms with Crippen LogP contribution in [0.3, 0.4) is 0 Å². The summed E-state index contributed by atoms with van der Waals surface area (Å²) in [6, 6.07) is 1.85. The van der Waals surface area contributed by atoms with Crippen molar-refractivity contribution in [2.75, 3.05) is 4.72 Å². The number of hydrogen-bond donors (Lipinski definition) is 1. The molecule has 8 nitrogen and oxygen atoms in total. The van der Waals surface area contributed by atoms with Gasteiger partial charge in [-0.3, -0.25) is 14.1 Å². The summed E-state index contributed by atoms with van der Waals surface area (Å²) in [5, 5.41) is 16.3. The van der Waals surface area contributed by atoms with Crippen LogP contribution in [0.4, 0.5) is 5.82 Å². The van der Waals surface area contributed by atoms with Gasteiger partial charge >= 0.3 is 0 Å². The second-order valence-electron chi connectivity index (χ2n) is 3.70. The van der Waals surface area contributed by atoms with Crippen LogP contribution in [0.15, 0.2) is 17.4 Å². The Morgan fingerprint density at radius 3 is 2.68 bits per heavy atom. The molecule has 2 rings (SSSR count). The zero-order valence-electron chi connectivity index (χ0n) is 9.99. The molecule has 0 atom stereocenters. The second-order valence-corrected chi connectivity index (χ2v) is 5.71. The summed E-state index contributed by atoms with van der Waals surface area (Å²) in [5.74, 6) is -0.0535. The molecule has 1 N–H and O–H groups in total. The molecule has 2 heterocycles. The molecule has 100 valence electrons. The van der Waals surface area contributed by atoms with E-state index in [0.29, 0.717) is 0 Å². The number of nitriles is 1. The molecule has 19 heavy (non-hydrogen) atoms. The minimum absolute atomic E-state index is 0.00978. The predicted molar refractivity (Wildman–Crippen MR) is 66.9 cm³/mol. The zero-order chi connectivity index (χ0) is 14.2. The molecule has 0 aliphatic carbocycles. The van der Waals surface area contributed by atoms with Gasteiger partial charge in [-0.25, -0.2) is 0 Å². The van der Waals surface area contributed by atoms with E-state index in [2.05, 4.69) is 14.9 Å². The monoisotopic (exact) mass is 300 g/mol. The fourth-order valence-electron chi connectivity index (χ4n) is 1.52. The van der Waals surface area contributed by atoms with Crippen LogP contribution in [-0.2, 0) is 24.1 Å². The molecule has 0 fully saturated rings. The highest BCUT2D eigenvalue weighted by Crippen LogP contribution is 2.23. The lowest BCUT2D eigenvalue weighted by Crippen LogP contribution is -2.18. The number of aryl methyl sites for hydroxylation is 2. The third-order valence-electron chi connectivity index (χ3n) is 2.28. The zero-order valence-corrected chi connectivity index (χ0v) is 11.6. The van der Waals surface area contributed by atoms with Gasteiger partial charge in [0.1, 0.15) is 11.6 Å². The van der Waals surface area contributed by atoms with E-state index < -0.39 is 10.0 Å². The summed E-state index contributed by atoms with van der Waals surface area (Å²) in [5.41, 5.74) is 0.115. The van der Waals surface area contributed by atoms with Gasteiger partial charge < -0.3 is 0 Å². The van der Waals surface area contributed by atoms with E-state index >= 15 is 0 Å². The third kappa shape index (κ3) is 2.40. The number of rotatable bonds is 3. The Hall–Kier alpha value is -2.05. The molecule has 0 saturated carbocycles. The Morgan fingerprint density at radius 2 is 2.16 bits per heavy atom. The Balaban J connectivity index is 2.46. The Bertz CT molecular complexity index is 750. The van der Waals surface area contributed by atoms with E-state index in [-0.39, 0.29) is 21.4 Å². The fraction of sp³-hybridized carbons (Fsp3) is 0.222. The lowest BCUT2D eigenvalue weighted by atomic mass is 10.4. The molecular weight excluding hydrogens is 292 g/mol. The molecule has 0 aliphatic rings. The molecule has 0 amide bonds.